The van der Waals surface area contributed by atoms with E-state index in [0.717, 1.165) is 44.2 Å². The maximum absolute atomic E-state index is 6.52. The van der Waals surface area contributed by atoms with Gasteiger partial charge in [-0.3, -0.25) is 0 Å². The Morgan fingerprint density at radius 1 is 0.429 bits per heavy atom. The summed E-state index contributed by atoms with van der Waals surface area (Å²) in [4.78, 5) is 0. The number of benzene rings is 8. The van der Waals surface area contributed by atoms with Gasteiger partial charge in [0.2, 0.25) is 0 Å². The van der Waals surface area contributed by atoms with E-state index < -0.39 is 0 Å². The molecule has 228 valence electrons. The average Bonchev–Trinajstić information content (AvgIpc) is 3.88. The Morgan fingerprint density at radius 3 is 1.86 bits per heavy atom. The Balaban J connectivity index is 1.25. The summed E-state index contributed by atoms with van der Waals surface area (Å²) in [6.45, 7) is 0. The average molecular weight is 626 g/mol. The van der Waals surface area contributed by atoms with Gasteiger partial charge in [0.25, 0.3) is 0 Å². The number of rotatable bonds is 3. The number of furan rings is 2. The zero-order valence-electron chi connectivity index (χ0n) is 26.4. The first-order chi connectivity index (χ1) is 24.3. The Hall–Kier alpha value is -6.58. The highest BCUT2D eigenvalue weighted by atomic mass is 16.4. The third-order valence-corrected chi connectivity index (χ3v) is 10.3. The van der Waals surface area contributed by atoms with E-state index in [2.05, 4.69) is 156 Å². The van der Waals surface area contributed by atoms with E-state index in [0.29, 0.717) is 0 Å². The van der Waals surface area contributed by atoms with Crippen LogP contribution in [0.4, 0.5) is 0 Å². The fraction of sp³-hybridized carbons (Fsp3) is 0. The summed E-state index contributed by atoms with van der Waals surface area (Å²) in [6.07, 6.45) is 1.73. The molecule has 3 heteroatoms. The quantitative estimate of drug-likeness (QED) is 0.183. The van der Waals surface area contributed by atoms with Crippen LogP contribution in [0.25, 0.3) is 104 Å². The molecule has 49 heavy (non-hydrogen) atoms. The number of hydrogen-bond acceptors (Lipinski definition) is 2. The molecule has 0 saturated heterocycles. The van der Waals surface area contributed by atoms with Crippen LogP contribution in [0.2, 0.25) is 0 Å². The lowest BCUT2D eigenvalue weighted by Gasteiger charge is -2.18. The first kappa shape index (κ1) is 26.5. The standard InChI is InChI=1S/C46H27NO2/c1-2-11-30(12-3-1)47-39-19-9-8-13-31(39)32-23-22-29(27-40(32)47)42-33-14-4-6-16-35(33)43(36-17-7-5-15-34(36)42)37-18-10-20-41-44(37)38-24-21-28-25-26-48-45(28)46(38)49-41/h1-27H. The van der Waals surface area contributed by atoms with Gasteiger partial charge in [-0.05, 0) is 86.3 Å². The van der Waals surface area contributed by atoms with Crippen LogP contribution < -0.4 is 0 Å². The van der Waals surface area contributed by atoms with Gasteiger partial charge in [-0.15, -0.1) is 0 Å². The van der Waals surface area contributed by atoms with E-state index in [9.17, 15) is 0 Å². The van der Waals surface area contributed by atoms with Crippen LogP contribution in [-0.4, -0.2) is 4.57 Å². The van der Waals surface area contributed by atoms with E-state index >= 15 is 0 Å². The highest BCUT2D eigenvalue weighted by Gasteiger charge is 2.22. The summed E-state index contributed by atoms with van der Waals surface area (Å²) < 4.78 is 14.8. The molecule has 11 aromatic rings. The second-order valence-corrected chi connectivity index (χ2v) is 12.8. The molecule has 0 bridgehead atoms. The molecule has 0 spiro atoms. The van der Waals surface area contributed by atoms with E-state index in [1.807, 2.05) is 6.07 Å². The number of aromatic nitrogens is 1. The third kappa shape index (κ3) is 3.67. The van der Waals surface area contributed by atoms with E-state index in [4.69, 9.17) is 8.83 Å². The summed E-state index contributed by atoms with van der Waals surface area (Å²) in [5.74, 6) is 0. The van der Waals surface area contributed by atoms with Crippen molar-refractivity contribution in [2.75, 3.05) is 0 Å². The highest BCUT2D eigenvalue weighted by Crippen LogP contribution is 2.48. The van der Waals surface area contributed by atoms with Gasteiger partial charge in [-0.25, -0.2) is 0 Å². The topological polar surface area (TPSA) is 31.2 Å². The summed E-state index contributed by atoms with van der Waals surface area (Å²) in [5, 5.41) is 10.6. The predicted molar refractivity (Wildman–Crippen MR) is 204 cm³/mol. The molecule has 0 aliphatic rings. The molecule has 0 radical (unpaired) electrons. The Bertz CT molecular complexity index is 3050. The SMILES string of the molecule is c1ccc(-n2c3ccccc3c3ccc(-c4c5ccccc5c(-c5cccc6oc7c(ccc8ccoc87)c56)c5ccccc45)cc32)cc1. The minimum absolute atomic E-state index is 0.785. The molecular weight excluding hydrogens is 599 g/mol. The van der Waals surface area contributed by atoms with Gasteiger partial charge in [0.05, 0.1) is 17.3 Å². The summed E-state index contributed by atoms with van der Waals surface area (Å²) in [5.41, 5.74) is 10.8. The van der Waals surface area contributed by atoms with Crippen molar-refractivity contribution in [1.29, 1.82) is 0 Å². The van der Waals surface area contributed by atoms with Crippen molar-refractivity contribution in [2.24, 2.45) is 0 Å². The third-order valence-electron chi connectivity index (χ3n) is 10.3. The largest absolute Gasteiger partial charge is 0.460 e. The van der Waals surface area contributed by atoms with Crippen LogP contribution in [-0.2, 0) is 0 Å². The van der Waals surface area contributed by atoms with E-state index in [1.165, 1.54) is 60.0 Å². The van der Waals surface area contributed by atoms with Crippen molar-refractivity contribution in [2.45, 2.75) is 0 Å². The van der Waals surface area contributed by atoms with Crippen LogP contribution >= 0.6 is 0 Å². The molecule has 3 heterocycles. The van der Waals surface area contributed by atoms with Crippen LogP contribution in [0.1, 0.15) is 0 Å². The Kier molecular flexibility index (Phi) is 5.38. The molecule has 3 nitrogen and oxygen atoms in total. The summed E-state index contributed by atoms with van der Waals surface area (Å²) in [6, 6.07) is 56.8. The van der Waals surface area contributed by atoms with Crippen LogP contribution in [0.5, 0.6) is 0 Å². The number of para-hydroxylation sites is 2. The molecule has 0 saturated carbocycles. The fourth-order valence-corrected chi connectivity index (χ4v) is 8.23. The number of nitrogens with zero attached hydrogens (tertiary/aromatic N) is 1. The minimum Gasteiger partial charge on any atom is -0.460 e. The van der Waals surface area contributed by atoms with E-state index in [1.54, 1.807) is 6.26 Å². The lowest BCUT2D eigenvalue weighted by atomic mass is 9.85. The molecule has 11 rings (SSSR count). The minimum atomic E-state index is 0.785. The molecule has 8 aromatic carbocycles. The Morgan fingerprint density at radius 2 is 1.08 bits per heavy atom. The molecule has 0 aliphatic carbocycles. The smallest absolute Gasteiger partial charge is 0.178 e. The lowest BCUT2D eigenvalue weighted by Crippen LogP contribution is -1.94. The van der Waals surface area contributed by atoms with Gasteiger partial charge in [0.15, 0.2) is 11.2 Å². The van der Waals surface area contributed by atoms with Crippen molar-refractivity contribution < 1.29 is 8.83 Å². The van der Waals surface area contributed by atoms with E-state index in [-0.39, 0.29) is 0 Å². The first-order valence-corrected chi connectivity index (χ1v) is 16.7. The molecule has 0 atom stereocenters. The van der Waals surface area contributed by atoms with Gasteiger partial charge in [-0.1, -0.05) is 115 Å². The molecule has 0 fully saturated rings. The zero-order chi connectivity index (χ0) is 32.1. The molecular formula is C46H27NO2. The van der Waals surface area contributed by atoms with Crippen molar-refractivity contribution in [3.8, 4) is 27.9 Å². The van der Waals surface area contributed by atoms with Crippen molar-refractivity contribution in [3.05, 3.63) is 164 Å². The zero-order valence-corrected chi connectivity index (χ0v) is 26.4. The van der Waals surface area contributed by atoms with Crippen molar-refractivity contribution in [3.63, 3.8) is 0 Å². The van der Waals surface area contributed by atoms with Crippen LogP contribution in [0.3, 0.4) is 0 Å². The van der Waals surface area contributed by atoms with Gasteiger partial charge < -0.3 is 13.4 Å². The molecule has 0 unspecified atom stereocenters. The van der Waals surface area contributed by atoms with Gasteiger partial charge in [-0.2, -0.15) is 0 Å². The predicted octanol–water partition coefficient (Wildman–Crippen LogP) is 13.1. The van der Waals surface area contributed by atoms with Gasteiger partial charge >= 0.3 is 0 Å². The monoisotopic (exact) mass is 625 g/mol. The summed E-state index contributed by atoms with van der Waals surface area (Å²) in [7, 11) is 0. The Labute approximate surface area is 280 Å². The molecule has 0 amide bonds. The first-order valence-electron chi connectivity index (χ1n) is 16.7. The van der Waals surface area contributed by atoms with Crippen molar-refractivity contribution in [1.82, 2.24) is 4.57 Å². The lowest BCUT2D eigenvalue weighted by molar-refractivity contribution is 0.600. The maximum Gasteiger partial charge on any atom is 0.178 e. The maximum atomic E-state index is 6.52. The second kappa shape index (κ2) is 9.96. The van der Waals surface area contributed by atoms with Crippen molar-refractivity contribution >= 4 is 76.3 Å². The fourth-order valence-electron chi connectivity index (χ4n) is 8.23. The number of hydrogen-bond donors (Lipinski definition) is 0. The normalized spacial score (nSPS) is 12.1. The number of fused-ring (bicyclic) bond motifs is 10. The second-order valence-electron chi connectivity index (χ2n) is 12.8. The van der Waals surface area contributed by atoms with Crippen LogP contribution in [0.15, 0.2) is 173 Å². The molecule has 0 N–H and O–H groups in total. The van der Waals surface area contributed by atoms with Gasteiger partial charge in [0.1, 0.15) is 5.58 Å². The molecule has 3 aromatic heterocycles. The molecule has 0 aliphatic heterocycles. The summed E-state index contributed by atoms with van der Waals surface area (Å²) >= 11 is 0. The van der Waals surface area contributed by atoms with Gasteiger partial charge in [0, 0.05) is 32.6 Å². The highest BCUT2D eigenvalue weighted by molar-refractivity contribution is 6.27. The van der Waals surface area contributed by atoms with Crippen LogP contribution in [0, 0.1) is 0 Å².